The lowest BCUT2D eigenvalue weighted by atomic mass is 10.0. The first-order chi connectivity index (χ1) is 11.5. The standard InChI is InChI=1S/C15H24N4O4S/c1-24(21,22)19-8-3-2-4-11(19)5-7-16-15(20)14-12-10-23-9-6-13(12)17-18-14/h11H,2-10H2,1H3,(H,16,20)(H,17,18). The van der Waals surface area contributed by atoms with E-state index in [1.807, 2.05) is 0 Å². The fourth-order valence-corrected chi connectivity index (χ4v) is 4.65. The monoisotopic (exact) mass is 356 g/mol. The van der Waals surface area contributed by atoms with Crippen LogP contribution in [0, 0.1) is 0 Å². The maximum absolute atomic E-state index is 12.3. The Kier molecular flexibility index (Phi) is 5.21. The van der Waals surface area contributed by atoms with Gasteiger partial charge in [-0.25, -0.2) is 8.42 Å². The predicted octanol–water partition coefficient (Wildman–Crippen LogP) is 0.416. The molecule has 1 aromatic rings. The summed E-state index contributed by atoms with van der Waals surface area (Å²) in [6.45, 7) is 2.04. The molecule has 0 saturated carbocycles. The third-order valence-corrected chi connectivity index (χ3v) is 6.01. The lowest BCUT2D eigenvalue weighted by Crippen LogP contribution is -2.44. The SMILES string of the molecule is CS(=O)(=O)N1CCCCC1CCNC(=O)c1n[nH]c2c1COCC2. The summed E-state index contributed by atoms with van der Waals surface area (Å²) >= 11 is 0. The first-order valence-corrected chi connectivity index (χ1v) is 10.2. The zero-order valence-corrected chi connectivity index (χ0v) is 14.7. The topological polar surface area (TPSA) is 104 Å². The van der Waals surface area contributed by atoms with Crippen LogP contribution in [0.1, 0.15) is 47.4 Å². The molecule has 1 unspecified atom stereocenters. The molecule has 1 amide bonds. The molecular formula is C15H24N4O4S. The van der Waals surface area contributed by atoms with E-state index >= 15 is 0 Å². The normalized spacial score (nSPS) is 22.1. The highest BCUT2D eigenvalue weighted by Crippen LogP contribution is 2.22. The lowest BCUT2D eigenvalue weighted by molar-refractivity contribution is 0.0921. The van der Waals surface area contributed by atoms with Gasteiger partial charge in [-0.05, 0) is 19.3 Å². The van der Waals surface area contributed by atoms with Gasteiger partial charge >= 0.3 is 0 Å². The van der Waals surface area contributed by atoms with E-state index in [0.29, 0.717) is 38.4 Å². The van der Waals surface area contributed by atoms with Gasteiger partial charge in [0, 0.05) is 36.8 Å². The number of aromatic nitrogens is 2. The number of aromatic amines is 1. The number of nitrogens with one attached hydrogen (secondary N) is 2. The fourth-order valence-electron chi connectivity index (χ4n) is 3.43. The van der Waals surface area contributed by atoms with Crippen molar-refractivity contribution in [3.05, 3.63) is 17.0 Å². The van der Waals surface area contributed by atoms with Crippen molar-refractivity contribution in [1.29, 1.82) is 0 Å². The number of hydrogen-bond donors (Lipinski definition) is 2. The number of ether oxygens (including phenoxy) is 1. The summed E-state index contributed by atoms with van der Waals surface area (Å²) in [6, 6.07) is -0.0366. The highest BCUT2D eigenvalue weighted by molar-refractivity contribution is 7.88. The van der Waals surface area contributed by atoms with Gasteiger partial charge in [0.25, 0.3) is 5.91 Å². The second-order valence-electron chi connectivity index (χ2n) is 6.40. The van der Waals surface area contributed by atoms with E-state index in [2.05, 4.69) is 15.5 Å². The van der Waals surface area contributed by atoms with E-state index in [-0.39, 0.29) is 11.9 Å². The van der Waals surface area contributed by atoms with Crippen LogP contribution in [0.5, 0.6) is 0 Å². The summed E-state index contributed by atoms with van der Waals surface area (Å²) in [5, 5.41) is 9.85. The minimum atomic E-state index is -3.19. The molecule has 2 aliphatic rings. The molecule has 0 bridgehead atoms. The molecule has 0 aliphatic carbocycles. The van der Waals surface area contributed by atoms with Crippen LogP contribution in [-0.2, 0) is 27.8 Å². The Morgan fingerprint density at radius 2 is 2.29 bits per heavy atom. The molecule has 1 fully saturated rings. The Balaban J connectivity index is 1.56. The van der Waals surface area contributed by atoms with Gasteiger partial charge in [0.2, 0.25) is 10.0 Å². The molecule has 1 atom stereocenters. The first kappa shape index (κ1) is 17.4. The van der Waals surface area contributed by atoms with Crippen molar-refractivity contribution in [2.24, 2.45) is 0 Å². The van der Waals surface area contributed by atoms with E-state index in [4.69, 9.17) is 4.74 Å². The lowest BCUT2D eigenvalue weighted by Gasteiger charge is -2.33. The first-order valence-electron chi connectivity index (χ1n) is 8.35. The number of nitrogens with zero attached hydrogens (tertiary/aromatic N) is 2. The maximum Gasteiger partial charge on any atom is 0.272 e. The molecule has 1 aromatic heterocycles. The molecule has 0 spiro atoms. The number of rotatable bonds is 5. The van der Waals surface area contributed by atoms with E-state index in [1.165, 1.54) is 6.26 Å². The molecule has 3 rings (SSSR count). The molecule has 0 aromatic carbocycles. The van der Waals surface area contributed by atoms with Crippen LogP contribution in [0.2, 0.25) is 0 Å². The number of H-pyrrole nitrogens is 1. The molecule has 9 heteroatoms. The van der Waals surface area contributed by atoms with Crippen molar-refractivity contribution < 1.29 is 17.9 Å². The highest BCUT2D eigenvalue weighted by atomic mass is 32.2. The van der Waals surface area contributed by atoms with Crippen LogP contribution < -0.4 is 5.32 Å². The smallest absolute Gasteiger partial charge is 0.272 e. The number of hydrogen-bond acceptors (Lipinski definition) is 5. The quantitative estimate of drug-likeness (QED) is 0.795. The number of piperidine rings is 1. The van der Waals surface area contributed by atoms with Crippen molar-refractivity contribution in [2.75, 3.05) is 26.0 Å². The summed E-state index contributed by atoms with van der Waals surface area (Å²) in [4.78, 5) is 12.3. The zero-order valence-electron chi connectivity index (χ0n) is 13.9. The van der Waals surface area contributed by atoms with Crippen molar-refractivity contribution in [2.45, 2.75) is 44.8 Å². The van der Waals surface area contributed by atoms with Gasteiger partial charge in [-0.15, -0.1) is 0 Å². The molecule has 8 nitrogen and oxygen atoms in total. The van der Waals surface area contributed by atoms with Crippen LogP contribution in [0.25, 0.3) is 0 Å². The van der Waals surface area contributed by atoms with Gasteiger partial charge in [0.15, 0.2) is 5.69 Å². The van der Waals surface area contributed by atoms with E-state index in [1.54, 1.807) is 4.31 Å². The molecule has 1 saturated heterocycles. The van der Waals surface area contributed by atoms with E-state index < -0.39 is 10.0 Å². The second kappa shape index (κ2) is 7.20. The average Bonchev–Trinajstić information content (AvgIpc) is 2.98. The van der Waals surface area contributed by atoms with Crippen LogP contribution in [-0.4, -0.2) is 60.8 Å². The summed E-state index contributed by atoms with van der Waals surface area (Å²) < 4.78 is 30.6. The molecule has 3 heterocycles. The molecule has 2 N–H and O–H groups in total. The van der Waals surface area contributed by atoms with Crippen molar-refractivity contribution in [3.8, 4) is 0 Å². The van der Waals surface area contributed by atoms with E-state index in [0.717, 1.165) is 36.9 Å². The van der Waals surface area contributed by atoms with Gasteiger partial charge in [0.05, 0.1) is 19.5 Å². The predicted molar refractivity (Wildman–Crippen MR) is 88.1 cm³/mol. The Morgan fingerprint density at radius 3 is 3.08 bits per heavy atom. The average molecular weight is 356 g/mol. The summed E-state index contributed by atoms with van der Waals surface area (Å²) in [6.07, 6.45) is 5.36. The van der Waals surface area contributed by atoms with Gasteiger partial charge in [0.1, 0.15) is 0 Å². The van der Waals surface area contributed by atoms with Crippen molar-refractivity contribution in [1.82, 2.24) is 19.8 Å². The van der Waals surface area contributed by atoms with Crippen molar-refractivity contribution in [3.63, 3.8) is 0 Å². The van der Waals surface area contributed by atoms with Crippen LogP contribution in [0.4, 0.5) is 0 Å². The number of fused-ring (bicyclic) bond motifs is 1. The van der Waals surface area contributed by atoms with Gasteiger partial charge in [-0.2, -0.15) is 9.40 Å². The van der Waals surface area contributed by atoms with Gasteiger partial charge < -0.3 is 10.1 Å². The second-order valence-corrected chi connectivity index (χ2v) is 8.33. The number of sulfonamides is 1. The maximum atomic E-state index is 12.3. The Bertz CT molecular complexity index is 700. The molecule has 0 radical (unpaired) electrons. The number of carbonyl (C=O) groups excluding carboxylic acids is 1. The molecule has 24 heavy (non-hydrogen) atoms. The summed E-state index contributed by atoms with van der Waals surface area (Å²) in [5.41, 5.74) is 2.17. The van der Waals surface area contributed by atoms with Crippen LogP contribution >= 0.6 is 0 Å². The Hall–Kier alpha value is -1.45. The molecular weight excluding hydrogens is 332 g/mol. The Morgan fingerprint density at radius 1 is 1.46 bits per heavy atom. The highest BCUT2D eigenvalue weighted by Gasteiger charge is 2.29. The minimum absolute atomic E-state index is 0.0366. The zero-order chi connectivity index (χ0) is 17.2. The van der Waals surface area contributed by atoms with Crippen LogP contribution in [0.15, 0.2) is 0 Å². The van der Waals surface area contributed by atoms with E-state index in [9.17, 15) is 13.2 Å². The molecule has 2 aliphatic heterocycles. The largest absolute Gasteiger partial charge is 0.376 e. The van der Waals surface area contributed by atoms with Crippen molar-refractivity contribution >= 4 is 15.9 Å². The third kappa shape index (κ3) is 3.79. The third-order valence-electron chi connectivity index (χ3n) is 4.67. The summed E-state index contributed by atoms with van der Waals surface area (Å²) in [7, 11) is -3.19. The number of amides is 1. The number of carbonyl (C=O) groups is 1. The Labute approximate surface area is 142 Å². The molecule has 134 valence electrons. The summed E-state index contributed by atoms with van der Waals surface area (Å²) in [5.74, 6) is -0.236. The van der Waals surface area contributed by atoms with Gasteiger partial charge in [-0.1, -0.05) is 6.42 Å². The fraction of sp³-hybridized carbons (Fsp3) is 0.733. The minimum Gasteiger partial charge on any atom is -0.376 e. The van der Waals surface area contributed by atoms with Gasteiger partial charge in [-0.3, -0.25) is 9.89 Å². The van der Waals surface area contributed by atoms with Crippen LogP contribution in [0.3, 0.4) is 0 Å².